The zero-order valence-electron chi connectivity index (χ0n) is 14.7. The number of rotatable bonds is 6. The van der Waals surface area contributed by atoms with Crippen LogP contribution >= 0.6 is 0 Å². The lowest BCUT2D eigenvalue weighted by Crippen LogP contribution is -2.21. The van der Waals surface area contributed by atoms with E-state index in [0.717, 1.165) is 6.42 Å². The van der Waals surface area contributed by atoms with Crippen LogP contribution in [0.15, 0.2) is 34.0 Å². The minimum absolute atomic E-state index is 0.0395. The molecule has 0 aliphatic heterocycles. The lowest BCUT2D eigenvalue weighted by Gasteiger charge is -2.05. The molecule has 0 aliphatic rings. The topological polar surface area (TPSA) is 157 Å². The maximum Gasteiger partial charge on any atom is 0.293 e. The van der Waals surface area contributed by atoms with E-state index in [1.165, 1.54) is 10.7 Å². The molecule has 0 fully saturated rings. The fraction of sp³-hybridized carbons (Fsp3) is 0.250. The Morgan fingerprint density at radius 3 is 2.81 bits per heavy atom. The van der Waals surface area contributed by atoms with Crippen LogP contribution in [0, 0.1) is 0 Å². The predicted molar refractivity (Wildman–Crippen MR) is 95.4 cm³/mol. The molecule has 0 aliphatic carbocycles. The van der Waals surface area contributed by atoms with Crippen molar-refractivity contribution in [3.05, 3.63) is 41.2 Å². The number of hydrogen-bond acceptors (Lipinski definition) is 9. The van der Waals surface area contributed by atoms with Gasteiger partial charge < -0.3 is 10.8 Å². The number of aromatic nitrogens is 5. The number of para-hydroxylation sites is 1. The second kappa shape index (κ2) is 7.64. The number of nitrogens with one attached hydrogen (secondary N) is 1. The molecule has 2 heterocycles. The largest absolute Gasteiger partial charge is 0.507 e. The molecule has 1 aromatic carbocycles. The number of benzene rings is 1. The third-order valence-electron chi connectivity index (χ3n) is 3.78. The minimum Gasteiger partial charge on any atom is -0.507 e. The number of nitrogens with two attached hydrogens (primary N) is 1. The summed E-state index contributed by atoms with van der Waals surface area (Å²) < 4.78 is 5.91. The van der Waals surface area contributed by atoms with Crippen LogP contribution in [-0.2, 0) is 6.42 Å². The lowest BCUT2D eigenvalue weighted by atomic mass is 10.1. The van der Waals surface area contributed by atoms with Crippen LogP contribution in [-0.4, -0.2) is 42.0 Å². The number of hydrazone groups is 1. The Labute approximate surface area is 153 Å². The maximum absolute atomic E-state index is 12.5. The molecular formula is C16H18N8O3. The van der Waals surface area contributed by atoms with Crippen molar-refractivity contribution in [2.45, 2.75) is 26.7 Å². The second-order valence-corrected chi connectivity index (χ2v) is 5.67. The molecule has 0 radical (unpaired) electrons. The summed E-state index contributed by atoms with van der Waals surface area (Å²) >= 11 is 0. The van der Waals surface area contributed by atoms with Crippen LogP contribution in [0.1, 0.15) is 42.0 Å². The van der Waals surface area contributed by atoms with E-state index < -0.39 is 5.91 Å². The van der Waals surface area contributed by atoms with E-state index in [2.05, 4.69) is 35.8 Å². The highest BCUT2D eigenvalue weighted by atomic mass is 16.6. The third-order valence-corrected chi connectivity index (χ3v) is 3.78. The molecular weight excluding hydrogens is 352 g/mol. The van der Waals surface area contributed by atoms with Gasteiger partial charge in [-0.25, -0.2) is 10.1 Å². The van der Waals surface area contributed by atoms with Gasteiger partial charge in [-0.05, 0) is 35.8 Å². The van der Waals surface area contributed by atoms with E-state index in [0.29, 0.717) is 23.4 Å². The minimum atomic E-state index is -0.547. The number of hydrogen-bond donors (Lipinski definition) is 3. The quantitative estimate of drug-likeness (QED) is 0.429. The SMILES string of the molecule is CCCc1c(C(=O)N/N=C(\C)c2ccccc2O)nnn1-c1nonc1N. The van der Waals surface area contributed by atoms with Crippen molar-refractivity contribution in [2.24, 2.45) is 5.10 Å². The Morgan fingerprint density at radius 1 is 1.37 bits per heavy atom. The van der Waals surface area contributed by atoms with Gasteiger partial charge in [0.05, 0.1) is 11.4 Å². The summed E-state index contributed by atoms with van der Waals surface area (Å²) in [4.78, 5) is 12.5. The van der Waals surface area contributed by atoms with E-state index in [4.69, 9.17) is 5.73 Å². The molecule has 140 valence electrons. The van der Waals surface area contributed by atoms with Crippen molar-refractivity contribution in [3.8, 4) is 11.6 Å². The van der Waals surface area contributed by atoms with Gasteiger partial charge in [-0.2, -0.15) is 9.78 Å². The van der Waals surface area contributed by atoms with E-state index in [1.54, 1.807) is 25.1 Å². The smallest absolute Gasteiger partial charge is 0.293 e. The first-order valence-corrected chi connectivity index (χ1v) is 8.18. The number of phenolic OH excluding ortho intramolecular Hbond substituents is 1. The number of carbonyl (C=O) groups is 1. The van der Waals surface area contributed by atoms with Gasteiger partial charge in [-0.15, -0.1) is 5.10 Å². The maximum atomic E-state index is 12.5. The fourth-order valence-corrected chi connectivity index (χ4v) is 2.47. The van der Waals surface area contributed by atoms with Gasteiger partial charge in [0, 0.05) is 5.56 Å². The number of aromatic hydroxyl groups is 1. The monoisotopic (exact) mass is 370 g/mol. The van der Waals surface area contributed by atoms with Gasteiger partial charge >= 0.3 is 0 Å². The van der Waals surface area contributed by atoms with Crippen molar-refractivity contribution in [1.29, 1.82) is 0 Å². The van der Waals surface area contributed by atoms with Crippen molar-refractivity contribution < 1.29 is 14.5 Å². The van der Waals surface area contributed by atoms with E-state index in [-0.39, 0.29) is 23.1 Å². The standard InChI is InChI=1S/C16H18N8O3/c1-3-6-11-13(19-23-24(11)15-14(17)21-27-22-15)16(26)20-18-9(2)10-7-4-5-8-12(10)25/h4-5,7-8,25H,3,6H2,1-2H3,(H2,17,21)(H,20,26)/b18-9+. The highest BCUT2D eigenvalue weighted by molar-refractivity contribution is 6.02. The summed E-state index contributed by atoms with van der Waals surface area (Å²) in [7, 11) is 0. The first-order chi connectivity index (χ1) is 13.0. The summed E-state index contributed by atoms with van der Waals surface area (Å²) in [5.41, 5.74) is 9.68. The summed E-state index contributed by atoms with van der Waals surface area (Å²) in [6, 6.07) is 6.69. The van der Waals surface area contributed by atoms with Gasteiger partial charge in [0.2, 0.25) is 11.6 Å². The van der Waals surface area contributed by atoms with Gasteiger partial charge in [-0.1, -0.05) is 30.7 Å². The van der Waals surface area contributed by atoms with Gasteiger partial charge in [0.15, 0.2) is 5.69 Å². The highest BCUT2D eigenvalue weighted by Crippen LogP contribution is 2.18. The summed E-state index contributed by atoms with van der Waals surface area (Å²) in [5, 5.41) is 28.9. The summed E-state index contributed by atoms with van der Waals surface area (Å²) in [6.45, 7) is 3.62. The fourth-order valence-electron chi connectivity index (χ4n) is 2.47. The zero-order valence-corrected chi connectivity index (χ0v) is 14.7. The molecule has 0 unspecified atom stereocenters. The van der Waals surface area contributed by atoms with Crippen molar-refractivity contribution >= 4 is 17.4 Å². The van der Waals surface area contributed by atoms with Crippen molar-refractivity contribution in [2.75, 3.05) is 5.73 Å². The zero-order chi connectivity index (χ0) is 19.4. The summed E-state index contributed by atoms with van der Waals surface area (Å²) in [5.74, 6) is -0.273. The Bertz CT molecular complexity index is 991. The van der Waals surface area contributed by atoms with Crippen LogP contribution in [0.4, 0.5) is 5.82 Å². The summed E-state index contributed by atoms with van der Waals surface area (Å²) in [6.07, 6.45) is 1.24. The molecule has 1 amide bonds. The second-order valence-electron chi connectivity index (χ2n) is 5.67. The number of phenols is 1. The molecule has 11 heteroatoms. The van der Waals surface area contributed by atoms with Crippen LogP contribution in [0.3, 0.4) is 0 Å². The Morgan fingerprint density at radius 2 is 2.15 bits per heavy atom. The normalized spacial score (nSPS) is 11.6. The Hall–Kier alpha value is -3.76. The van der Waals surface area contributed by atoms with E-state index >= 15 is 0 Å². The molecule has 0 spiro atoms. The molecule has 0 atom stereocenters. The molecule has 4 N–H and O–H groups in total. The van der Waals surface area contributed by atoms with Gasteiger partial charge in [-0.3, -0.25) is 4.79 Å². The number of nitrogen functional groups attached to an aromatic ring is 1. The van der Waals surface area contributed by atoms with Crippen molar-refractivity contribution in [1.82, 2.24) is 30.7 Å². The molecule has 3 rings (SSSR count). The molecule has 27 heavy (non-hydrogen) atoms. The average Bonchev–Trinajstić information content (AvgIpc) is 3.26. The van der Waals surface area contributed by atoms with E-state index in [9.17, 15) is 9.90 Å². The number of carbonyl (C=O) groups excluding carboxylic acids is 1. The average molecular weight is 370 g/mol. The van der Waals surface area contributed by atoms with Crippen LogP contribution < -0.4 is 11.2 Å². The molecule has 11 nitrogen and oxygen atoms in total. The predicted octanol–water partition coefficient (Wildman–Crippen LogP) is 1.04. The Kier molecular flexibility index (Phi) is 5.11. The van der Waals surface area contributed by atoms with Gasteiger partial charge in [0.25, 0.3) is 5.91 Å². The number of anilines is 1. The lowest BCUT2D eigenvalue weighted by molar-refractivity contribution is 0.0948. The van der Waals surface area contributed by atoms with E-state index in [1.807, 2.05) is 6.92 Å². The molecule has 0 saturated heterocycles. The highest BCUT2D eigenvalue weighted by Gasteiger charge is 2.23. The van der Waals surface area contributed by atoms with Crippen LogP contribution in [0.5, 0.6) is 5.75 Å². The molecule has 0 bridgehead atoms. The Balaban J connectivity index is 1.87. The third kappa shape index (κ3) is 3.61. The molecule has 2 aromatic heterocycles. The number of nitrogens with zero attached hydrogens (tertiary/aromatic N) is 6. The number of amides is 1. The first-order valence-electron chi connectivity index (χ1n) is 8.18. The molecule has 0 saturated carbocycles. The van der Waals surface area contributed by atoms with Crippen LogP contribution in [0.2, 0.25) is 0 Å². The van der Waals surface area contributed by atoms with Crippen LogP contribution in [0.25, 0.3) is 5.82 Å². The molecule has 3 aromatic rings. The van der Waals surface area contributed by atoms with Gasteiger partial charge in [0.1, 0.15) is 5.75 Å². The van der Waals surface area contributed by atoms with Crippen molar-refractivity contribution in [3.63, 3.8) is 0 Å². The first kappa shape index (κ1) is 18.0.